The van der Waals surface area contributed by atoms with Gasteiger partial charge in [-0.1, -0.05) is 23.9 Å². The third kappa shape index (κ3) is 4.41. The van der Waals surface area contributed by atoms with Crippen LogP contribution in [0.15, 0.2) is 58.6 Å². The first-order valence-corrected chi connectivity index (χ1v) is 10.1. The molecule has 0 saturated carbocycles. The molecule has 9 heteroatoms. The predicted molar refractivity (Wildman–Crippen MR) is 109 cm³/mol. The molecule has 0 aliphatic carbocycles. The second-order valence-corrected chi connectivity index (χ2v) is 7.71. The van der Waals surface area contributed by atoms with E-state index >= 15 is 0 Å². The van der Waals surface area contributed by atoms with Crippen molar-refractivity contribution in [3.63, 3.8) is 0 Å². The van der Waals surface area contributed by atoms with E-state index in [1.54, 1.807) is 6.20 Å². The molecule has 0 radical (unpaired) electrons. The van der Waals surface area contributed by atoms with E-state index in [1.165, 1.54) is 30.1 Å². The van der Waals surface area contributed by atoms with Crippen molar-refractivity contribution in [2.45, 2.75) is 24.4 Å². The number of para-hydroxylation sites is 2. The van der Waals surface area contributed by atoms with E-state index in [4.69, 9.17) is 4.42 Å². The molecule has 0 saturated heterocycles. The number of benzene rings is 1. The van der Waals surface area contributed by atoms with Crippen molar-refractivity contribution < 1.29 is 13.6 Å². The summed E-state index contributed by atoms with van der Waals surface area (Å²) in [5, 5.41) is 11.0. The molecule has 1 unspecified atom stereocenters. The van der Waals surface area contributed by atoms with Crippen LogP contribution in [0.2, 0.25) is 0 Å². The Morgan fingerprint density at radius 3 is 2.93 bits per heavy atom. The molecule has 2 aromatic heterocycles. The maximum atomic E-state index is 13.7. The summed E-state index contributed by atoms with van der Waals surface area (Å²) in [5.74, 6) is -0.0614. The Kier molecular flexibility index (Phi) is 5.77. The molecular formula is C20H20FN5O2S. The van der Waals surface area contributed by atoms with Crippen LogP contribution in [0.1, 0.15) is 18.0 Å². The first-order chi connectivity index (χ1) is 14.2. The first-order valence-electron chi connectivity index (χ1n) is 9.20. The topological polar surface area (TPSA) is 92.1 Å². The molecule has 4 rings (SSSR count). The van der Waals surface area contributed by atoms with Crippen molar-refractivity contribution in [1.82, 2.24) is 25.9 Å². The standard InChI is InChI=1S/C20H20FN5O2S/c21-14-4-3-8-23-16(14)12-24-19(27)20(25-10-11-29-20)7-9-22-13-18-26-15-5-1-2-6-17(15)28-18/h1-6,8,10-11,22,25H,7,9,12-13H2,(H,24,27). The predicted octanol–water partition coefficient (Wildman–Crippen LogP) is 2.66. The highest BCUT2D eigenvalue weighted by Crippen LogP contribution is 2.32. The lowest BCUT2D eigenvalue weighted by Gasteiger charge is -2.27. The lowest BCUT2D eigenvalue weighted by molar-refractivity contribution is -0.124. The molecule has 29 heavy (non-hydrogen) atoms. The second-order valence-electron chi connectivity index (χ2n) is 6.51. The number of carbonyl (C=O) groups is 1. The number of hydrogen-bond acceptors (Lipinski definition) is 7. The summed E-state index contributed by atoms with van der Waals surface area (Å²) in [4.78, 5) is 20.3. The average molecular weight is 413 g/mol. The number of amides is 1. The van der Waals surface area contributed by atoms with Crippen LogP contribution in [0.4, 0.5) is 4.39 Å². The molecule has 1 atom stereocenters. The number of fused-ring (bicyclic) bond motifs is 1. The van der Waals surface area contributed by atoms with Crippen LogP contribution in [0.5, 0.6) is 0 Å². The molecule has 3 aromatic rings. The number of carbonyl (C=O) groups excluding carboxylic acids is 1. The van der Waals surface area contributed by atoms with E-state index in [9.17, 15) is 9.18 Å². The highest BCUT2D eigenvalue weighted by molar-refractivity contribution is 8.04. The van der Waals surface area contributed by atoms with Gasteiger partial charge in [0.15, 0.2) is 10.5 Å². The number of nitrogens with zero attached hydrogens (tertiary/aromatic N) is 2. The third-order valence-electron chi connectivity index (χ3n) is 4.54. The van der Waals surface area contributed by atoms with Crippen molar-refractivity contribution in [3.05, 3.63) is 71.6 Å². The molecule has 0 bridgehead atoms. The van der Waals surface area contributed by atoms with Crippen molar-refractivity contribution >= 4 is 28.8 Å². The number of thioether (sulfide) groups is 1. The van der Waals surface area contributed by atoms with Crippen LogP contribution >= 0.6 is 11.8 Å². The maximum absolute atomic E-state index is 13.7. The zero-order chi connectivity index (χ0) is 20.1. The Bertz CT molecular complexity index is 997. The number of oxazole rings is 1. The Balaban J connectivity index is 1.31. The molecule has 150 valence electrons. The van der Waals surface area contributed by atoms with Crippen LogP contribution in [0.25, 0.3) is 11.1 Å². The van der Waals surface area contributed by atoms with E-state index in [0.717, 1.165) is 11.1 Å². The summed E-state index contributed by atoms with van der Waals surface area (Å²) in [5.41, 5.74) is 1.78. The summed E-state index contributed by atoms with van der Waals surface area (Å²) in [6.45, 7) is 1.06. The van der Waals surface area contributed by atoms with Crippen LogP contribution in [0, 0.1) is 5.82 Å². The molecule has 7 nitrogen and oxygen atoms in total. The number of nitrogens with one attached hydrogen (secondary N) is 3. The van der Waals surface area contributed by atoms with E-state index < -0.39 is 10.7 Å². The summed E-state index contributed by atoms with van der Waals surface area (Å²) < 4.78 is 19.4. The summed E-state index contributed by atoms with van der Waals surface area (Å²) in [6.07, 6.45) is 3.76. The van der Waals surface area contributed by atoms with Crippen LogP contribution < -0.4 is 16.0 Å². The number of hydrogen-bond donors (Lipinski definition) is 3. The Morgan fingerprint density at radius 2 is 2.14 bits per heavy atom. The van der Waals surface area contributed by atoms with Gasteiger partial charge in [0.2, 0.25) is 5.89 Å². The minimum absolute atomic E-state index is 0.0336. The van der Waals surface area contributed by atoms with E-state index in [2.05, 4.69) is 25.9 Å². The highest BCUT2D eigenvalue weighted by atomic mass is 32.2. The van der Waals surface area contributed by atoms with Crippen LogP contribution in [-0.2, 0) is 17.9 Å². The van der Waals surface area contributed by atoms with Crippen LogP contribution in [0.3, 0.4) is 0 Å². The lowest BCUT2D eigenvalue weighted by atomic mass is 10.1. The fraction of sp³-hybridized carbons (Fsp3) is 0.250. The minimum Gasteiger partial charge on any atom is -0.439 e. The lowest BCUT2D eigenvalue weighted by Crippen LogP contribution is -2.52. The number of halogens is 1. The van der Waals surface area contributed by atoms with E-state index in [-0.39, 0.29) is 18.1 Å². The number of pyridine rings is 1. The van der Waals surface area contributed by atoms with Gasteiger partial charge in [0.25, 0.3) is 5.91 Å². The van der Waals surface area contributed by atoms with Gasteiger partial charge in [-0.15, -0.1) is 0 Å². The number of aromatic nitrogens is 2. The van der Waals surface area contributed by atoms with Gasteiger partial charge >= 0.3 is 0 Å². The molecule has 3 N–H and O–H groups in total. The SMILES string of the molecule is O=C(NCc1ncccc1F)C1(CCNCc2nc3ccccc3o2)NC=CS1. The fourth-order valence-corrected chi connectivity index (χ4v) is 3.93. The maximum Gasteiger partial charge on any atom is 0.256 e. The Morgan fingerprint density at radius 1 is 1.24 bits per heavy atom. The van der Waals surface area contributed by atoms with E-state index in [0.29, 0.717) is 25.4 Å². The van der Waals surface area contributed by atoms with Gasteiger partial charge in [-0.2, -0.15) is 0 Å². The largest absolute Gasteiger partial charge is 0.439 e. The van der Waals surface area contributed by atoms with E-state index in [1.807, 2.05) is 29.7 Å². The van der Waals surface area contributed by atoms with Crippen LogP contribution in [-0.4, -0.2) is 27.3 Å². The van der Waals surface area contributed by atoms with Gasteiger partial charge < -0.3 is 20.4 Å². The van der Waals surface area contributed by atoms with Crippen molar-refractivity contribution in [2.24, 2.45) is 0 Å². The van der Waals surface area contributed by atoms with Gasteiger partial charge in [-0.05, 0) is 36.2 Å². The monoisotopic (exact) mass is 413 g/mol. The molecule has 1 aliphatic heterocycles. The normalized spacial score (nSPS) is 18.1. The fourth-order valence-electron chi connectivity index (χ4n) is 3.03. The molecule has 0 spiro atoms. The second kappa shape index (κ2) is 8.62. The van der Waals surface area contributed by atoms with Gasteiger partial charge in [-0.25, -0.2) is 9.37 Å². The highest BCUT2D eigenvalue weighted by Gasteiger charge is 2.39. The number of rotatable bonds is 8. The van der Waals surface area contributed by atoms with Crippen molar-refractivity contribution in [1.29, 1.82) is 0 Å². The third-order valence-corrected chi connectivity index (χ3v) is 5.72. The quantitative estimate of drug-likeness (QED) is 0.489. The van der Waals surface area contributed by atoms with Gasteiger partial charge in [0.05, 0.1) is 18.8 Å². The molecule has 1 amide bonds. The molecule has 3 heterocycles. The molecular weight excluding hydrogens is 393 g/mol. The average Bonchev–Trinajstić information content (AvgIpc) is 3.38. The van der Waals surface area contributed by atoms with Gasteiger partial charge in [0, 0.05) is 18.8 Å². The summed E-state index contributed by atoms with van der Waals surface area (Å²) >= 11 is 1.39. The molecule has 1 aliphatic rings. The summed E-state index contributed by atoms with van der Waals surface area (Å²) in [7, 11) is 0. The zero-order valence-electron chi connectivity index (χ0n) is 15.5. The van der Waals surface area contributed by atoms with Crippen molar-refractivity contribution in [3.8, 4) is 0 Å². The zero-order valence-corrected chi connectivity index (χ0v) is 16.3. The molecule has 0 fully saturated rings. The minimum atomic E-state index is -0.848. The van der Waals surface area contributed by atoms with Gasteiger partial charge in [0.1, 0.15) is 11.3 Å². The first kappa shape index (κ1) is 19.4. The Hall–Kier alpha value is -2.91. The van der Waals surface area contributed by atoms with Crippen molar-refractivity contribution in [2.75, 3.05) is 6.54 Å². The van der Waals surface area contributed by atoms with Gasteiger partial charge in [-0.3, -0.25) is 9.78 Å². The Labute approximate surface area is 171 Å². The smallest absolute Gasteiger partial charge is 0.256 e. The summed E-state index contributed by atoms with van der Waals surface area (Å²) in [6, 6.07) is 10.4. The molecule has 1 aromatic carbocycles.